The second-order valence-corrected chi connectivity index (χ2v) is 7.52. The van der Waals surface area contributed by atoms with Crippen LogP contribution >= 0.6 is 0 Å². The summed E-state index contributed by atoms with van der Waals surface area (Å²) in [5.41, 5.74) is 2.29. The van der Waals surface area contributed by atoms with Crippen molar-refractivity contribution in [3.8, 4) is 0 Å². The lowest BCUT2D eigenvalue weighted by Gasteiger charge is -2.12. The second-order valence-electron chi connectivity index (χ2n) is 5.76. The first-order chi connectivity index (χ1) is 10.1. The zero-order valence-corrected chi connectivity index (χ0v) is 13.8. The molecule has 5 heteroatoms. The van der Waals surface area contributed by atoms with Crippen LogP contribution in [0.5, 0.6) is 0 Å². The molecule has 0 spiro atoms. The topological polar surface area (TPSA) is 58.2 Å². The summed E-state index contributed by atoms with van der Waals surface area (Å²) in [4.78, 5) is 0.383. The molecule has 4 nitrogen and oxygen atoms in total. The van der Waals surface area contributed by atoms with Gasteiger partial charge in [-0.25, -0.2) is 13.1 Å². The molecule has 0 saturated heterocycles. The molecule has 0 unspecified atom stereocenters. The number of sulfonamides is 1. The van der Waals surface area contributed by atoms with E-state index in [1.165, 1.54) is 5.56 Å². The van der Waals surface area contributed by atoms with Crippen LogP contribution in [0, 0.1) is 5.92 Å². The average Bonchev–Trinajstić information content (AvgIpc) is 3.29. The third-order valence-corrected chi connectivity index (χ3v) is 5.29. The smallest absolute Gasteiger partial charge is 0.240 e. The Hall–Kier alpha value is -0.910. The molecule has 2 N–H and O–H groups in total. The molecule has 0 atom stereocenters. The minimum Gasteiger partial charge on any atom is -0.313 e. The summed E-state index contributed by atoms with van der Waals surface area (Å²) < 4.78 is 27.4. The van der Waals surface area contributed by atoms with Gasteiger partial charge in [-0.15, -0.1) is 0 Å². The van der Waals surface area contributed by atoms with Crippen LogP contribution in [-0.2, 0) is 23.0 Å². The predicted octanol–water partition coefficient (Wildman–Crippen LogP) is 2.44. The van der Waals surface area contributed by atoms with Crippen LogP contribution in [0.15, 0.2) is 23.1 Å². The Morgan fingerprint density at radius 2 is 1.95 bits per heavy atom. The van der Waals surface area contributed by atoms with Gasteiger partial charge < -0.3 is 5.32 Å². The fourth-order valence-corrected chi connectivity index (χ4v) is 3.48. The Balaban J connectivity index is 2.12. The first-order valence-corrected chi connectivity index (χ1v) is 9.37. The van der Waals surface area contributed by atoms with E-state index in [0.29, 0.717) is 17.4 Å². The van der Waals surface area contributed by atoms with Crippen LogP contribution in [0.3, 0.4) is 0 Å². The van der Waals surface area contributed by atoms with Gasteiger partial charge in [-0.05, 0) is 61.4 Å². The summed E-state index contributed by atoms with van der Waals surface area (Å²) in [6.07, 6.45) is 4.27. The highest BCUT2D eigenvalue weighted by Gasteiger charge is 2.24. The van der Waals surface area contributed by atoms with Gasteiger partial charge in [-0.1, -0.05) is 19.9 Å². The van der Waals surface area contributed by atoms with Crippen molar-refractivity contribution in [3.05, 3.63) is 29.3 Å². The third-order valence-electron chi connectivity index (χ3n) is 3.87. The van der Waals surface area contributed by atoms with Crippen molar-refractivity contribution in [2.45, 2.75) is 51.0 Å². The van der Waals surface area contributed by atoms with Crippen molar-refractivity contribution >= 4 is 10.0 Å². The Labute approximate surface area is 128 Å². The molecule has 2 rings (SSSR count). The molecule has 0 aliphatic heterocycles. The van der Waals surface area contributed by atoms with Gasteiger partial charge in [-0.3, -0.25) is 0 Å². The molecule has 1 aliphatic carbocycles. The van der Waals surface area contributed by atoms with Crippen molar-refractivity contribution in [2.75, 3.05) is 13.1 Å². The molecule has 0 aromatic heterocycles. The van der Waals surface area contributed by atoms with E-state index in [4.69, 9.17) is 0 Å². The van der Waals surface area contributed by atoms with Crippen molar-refractivity contribution < 1.29 is 8.42 Å². The highest BCUT2D eigenvalue weighted by Crippen LogP contribution is 2.28. The van der Waals surface area contributed by atoms with Crippen molar-refractivity contribution in [3.63, 3.8) is 0 Å². The average molecular weight is 310 g/mol. The van der Waals surface area contributed by atoms with Crippen LogP contribution in [0.4, 0.5) is 0 Å². The van der Waals surface area contributed by atoms with Gasteiger partial charge in [0.2, 0.25) is 10.0 Å². The summed E-state index contributed by atoms with van der Waals surface area (Å²) in [5, 5.41) is 3.35. The first-order valence-electron chi connectivity index (χ1n) is 7.89. The minimum absolute atomic E-state index is 0.383. The molecule has 1 aliphatic rings. The van der Waals surface area contributed by atoms with Gasteiger partial charge in [0, 0.05) is 13.1 Å². The van der Waals surface area contributed by atoms with E-state index in [-0.39, 0.29) is 0 Å². The molecule has 1 fully saturated rings. The van der Waals surface area contributed by atoms with Crippen LogP contribution < -0.4 is 10.0 Å². The molecule has 1 aromatic rings. The van der Waals surface area contributed by atoms with Gasteiger partial charge in [0.1, 0.15) is 0 Å². The van der Waals surface area contributed by atoms with E-state index in [9.17, 15) is 8.42 Å². The maximum Gasteiger partial charge on any atom is 0.240 e. The molecular weight excluding hydrogens is 284 g/mol. The molecule has 0 radical (unpaired) electrons. The summed E-state index contributed by atoms with van der Waals surface area (Å²) in [6.45, 7) is 6.46. The molecule has 0 amide bonds. The van der Waals surface area contributed by atoms with E-state index in [2.05, 4.69) is 23.9 Å². The molecule has 21 heavy (non-hydrogen) atoms. The molecule has 1 aromatic carbocycles. The van der Waals surface area contributed by atoms with Crippen LogP contribution in [0.25, 0.3) is 0 Å². The first kappa shape index (κ1) is 16.5. The zero-order chi connectivity index (χ0) is 15.3. The quantitative estimate of drug-likeness (QED) is 0.689. The van der Waals surface area contributed by atoms with Crippen LogP contribution in [0.1, 0.15) is 44.2 Å². The Morgan fingerprint density at radius 3 is 2.57 bits per heavy atom. The van der Waals surface area contributed by atoms with Gasteiger partial charge >= 0.3 is 0 Å². The highest BCUT2D eigenvalue weighted by atomic mass is 32.2. The normalized spacial score (nSPS) is 15.3. The Kier molecular flexibility index (Phi) is 5.79. The standard InChI is InChI=1S/C16H26N2O2S/c1-3-9-17-12-15-10-16(8-7-14(15)4-2)21(19,20)18-11-13-5-6-13/h7-8,10,13,17-18H,3-6,9,11-12H2,1-2H3. The van der Waals surface area contributed by atoms with Crippen LogP contribution in [-0.4, -0.2) is 21.5 Å². The Bertz CT molecular complexity index is 566. The van der Waals surface area contributed by atoms with Gasteiger partial charge in [-0.2, -0.15) is 0 Å². The van der Waals surface area contributed by atoms with E-state index >= 15 is 0 Å². The lowest BCUT2D eigenvalue weighted by Crippen LogP contribution is -2.26. The fourth-order valence-electron chi connectivity index (χ4n) is 2.31. The van der Waals surface area contributed by atoms with Crippen molar-refractivity contribution in [1.29, 1.82) is 0 Å². The Morgan fingerprint density at radius 1 is 1.19 bits per heavy atom. The molecule has 118 valence electrons. The maximum absolute atomic E-state index is 12.3. The molecule has 1 saturated carbocycles. The van der Waals surface area contributed by atoms with Gasteiger partial charge in [0.15, 0.2) is 0 Å². The zero-order valence-electron chi connectivity index (χ0n) is 13.0. The van der Waals surface area contributed by atoms with Crippen molar-refractivity contribution in [2.24, 2.45) is 5.92 Å². The van der Waals surface area contributed by atoms with Gasteiger partial charge in [0.25, 0.3) is 0 Å². The van der Waals surface area contributed by atoms with E-state index in [0.717, 1.165) is 44.3 Å². The molecule has 0 bridgehead atoms. The molecular formula is C16H26N2O2S. The summed E-state index contributed by atoms with van der Waals surface area (Å²) in [5.74, 6) is 0.542. The van der Waals surface area contributed by atoms with Gasteiger partial charge in [0.05, 0.1) is 4.90 Å². The second kappa shape index (κ2) is 7.38. The molecule has 0 heterocycles. The predicted molar refractivity (Wildman–Crippen MR) is 85.7 cm³/mol. The van der Waals surface area contributed by atoms with Crippen LogP contribution in [0.2, 0.25) is 0 Å². The summed E-state index contributed by atoms with van der Waals surface area (Å²) >= 11 is 0. The van der Waals surface area contributed by atoms with E-state index in [1.54, 1.807) is 6.07 Å². The number of rotatable bonds is 9. The lowest BCUT2D eigenvalue weighted by atomic mass is 10.1. The number of nitrogens with one attached hydrogen (secondary N) is 2. The highest BCUT2D eigenvalue weighted by molar-refractivity contribution is 7.89. The summed E-state index contributed by atoms with van der Waals surface area (Å²) in [7, 11) is -3.37. The number of hydrogen-bond donors (Lipinski definition) is 2. The number of benzene rings is 1. The SMILES string of the molecule is CCCNCc1cc(S(=O)(=O)NCC2CC2)ccc1CC. The maximum atomic E-state index is 12.3. The monoisotopic (exact) mass is 310 g/mol. The number of aryl methyl sites for hydroxylation is 1. The van der Waals surface area contributed by atoms with Crippen molar-refractivity contribution in [1.82, 2.24) is 10.0 Å². The lowest BCUT2D eigenvalue weighted by molar-refractivity contribution is 0.577. The van der Waals surface area contributed by atoms with E-state index in [1.807, 2.05) is 12.1 Å². The fraction of sp³-hybridized carbons (Fsp3) is 0.625. The number of hydrogen-bond acceptors (Lipinski definition) is 3. The summed E-state index contributed by atoms with van der Waals surface area (Å²) in [6, 6.07) is 5.47. The van der Waals surface area contributed by atoms with E-state index < -0.39 is 10.0 Å². The third kappa shape index (κ3) is 4.80. The largest absolute Gasteiger partial charge is 0.313 e. The minimum atomic E-state index is -3.37.